The number of rotatable bonds is 1. The molecule has 32 valence electrons. The predicted octanol–water partition coefficient (Wildman–Crippen LogP) is 1.01. The number of nitrogens with zero attached hydrogens (tertiary/aromatic N) is 1. The summed E-state index contributed by atoms with van der Waals surface area (Å²) < 4.78 is 0. The van der Waals surface area contributed by atoms with E-state index in [0.717, 1.165) is 13.0 Å². The van der Waals surface area contributed by atoms with Gasteiger partial charge >= 0.3 is 0 Å². The third kappa shape index (κ3) is 0.373. The fraction of sp³-hybridized carbons (Fsp3) is 0.600. The summed E-state index contributed by atoms with van der Waals surface area (Å²) in [5, 5.41) is 0. The standard InChI is InChI=1S/C5H7N/c1-2-5-3-6-4-5/h2-3H2,1H3. The zero-order valence-electron chi connectivity index (χ0n) is 3.86. The number of hydrogen-bond acceptors (Lipinski definition) is 1. The highest BCUT2D eigenvalue weighted by Gasteiger charge is 1.94. The SMILES string of the molecule is CCC1=C=NC1. The van der Waals surface area contributed by atoms with Crippen molar-refractivity contribution < 1.29 is 0 Å². The van der Waals surface area contributed by atoms with Gasteiger partial charge in [-0.3, -0.25) is 0 Å². The maximum absolute atomic E-state index is 3.78. The molecule has 0 atom stereocenters. The Morgan fingerprint density at radius 2 is 2.67 bits per heavy atom. The van der Waals surface area contributed by atoms with Crippen molar-refractivity contribution in [3.63, 3.8) is 0 Å². The van der Waals surface area contributed by atoms with Gasteiger partial charge in [-0.05, 0) is 12.3 Å². The van der Waals surface area contributed by atoms with E-state index in [2.05, 4.69) is 17.8 Å². The van der Waals surface area contributed by atoms with Crippen molar-refractivity contribution >= 4 is 5.87 Å². The molecule has 0 aromatic rings. The summed E-state index contributed by atoms with van der Waals surface area (Å²) in [6, 6.07) is 0. The highest BCUT2D eigenvalue weighted by molar-refractivity contribution is 5.64. The van der Waals surface area contributed by atoms with E-state index in [9.17, 15) is 0 Å². The minimum absolute atomic E-state index is 0.941. The number of hydrogen-bond donors (Lipinski definition) is 0. The largest absolute Gasteiger partial charge is 0.238 e. The van der Waals surface area contributed by atoms with Gasteiger partial charge in [0.15, 0.2) is 0 Å². The molecule has 1 aliphatic rings. The molecule has 0 N–H and O–H groups in total. The van der Waals surface area contributed by atoms with Gasteiger partial charge < -0.3 is 0 Å². The zero-order chi connectivity index (χ0) is 4.41. The van der Waals surface area contributed by atoms with Crippen LogP contribution in [0.4, 0.5) is 0 Å². The second-order valence-corrected chi connectivity index (χ2v) is 1.39. The lowest BCUT2D eigenvalue weighted by Gasteiger charge is -1.98. The van der Waals surface area contributed by atoms with Crippen LogP contribution in [0.5, 0.6) is 0 Å². The summed E-state index contributed by atoms with van der Waals surface area (Å²) in [5.41, 5.74) is 1.36. The van der Waals surface area contributed by atoms with Gasteiger partial charge in [0, 0.05) is 5.57 Å². The van der Waals surface area contributed by atoms with E-state index in [1.807, 2.05) is 0 Å². The van der Waals surface area contributed by atoms with Crippen LogP contribution in [0, 0.1) is 0 Å². The van der Waals surface area contributed by atoms with Crippen molar-refractivity contribution in [2.24, 2.45) is 4.99 Å². The molecule has 0 aliphatic carbocycles. The molecule has 0 aromatic heterocycles. The molecule has 0 saturated heterocycles. The molecule has 0 saturated carbocycles. The van der Waals surface area contributed by atoms with E-state index in [4.69, 9.17) is 0 Å². The van der Waals surface area contributed by atoms with Gasteiger partial charge in [0.05, 0.1) is 6.54 Å². The molecule has 1 heteroatoms. The molecule has 1 heterocycles. The molecule has 0 fully saturated rings. The van der Waals surface area contributed by atoms with Gasteiger partial charge in [0.25, 0.3) is 0 Å². The van der Waals surface area contributed by atoms with E-state index in [1.165, 1.54) is 5.57 Å². The predicted molar refractivity (Wildman–Crippen MR) is 26.1 cm³/mol. The van der Waals surface area contributed by atoms with Crippen molar-refractivity contribution in [2.45, 2.75) is 13.3 Å². The zero-order valence-corrected chi connectivity index (χ0v) is 3.86. The Kier molecular flexibility index (Phi) is 0.771. The minimum atomic E-state index is 0.941. The van der Waals surface area contributed by atoms with E-state index < -0.39 is 0 Å². The summed E-state index contributed by atoms with van der Waals surface area (Å²) in [7, 11) is 0. The van der Waals surface area contributed by atoms with E-state index in [0.29, 0.717) is 0 Å². The highest BCUT2D eigenvalue weighted by atomic mass is 14.7. The molecule has 0 amide bonds. The average molecular weight is 81.1 g/mol. The Labute approximate surface area is 37.4 Å². The summed E-state index contributed by atoms with van der Waals surface area (Å²) in [4.78, 5) is 3.78. The first kappa shape index (κ1) is 3.63. The maximum atomic E-state index is 3.78. The fourth-order valence-electron chi connectivity index (χ4n) is 0.382. The fourth-order valence-corrected chi connectivity index (χ4v) is 0.382. The summed E-state index contributed by atoms with van der Waals surface area (Å²) >= 11 is 0. The van der Waals surface area contributed by atoms with Gasteiger partial charge in [0.1, 0.15) is 0 Å². The molecule has 0 radical (unpaired) electrons. The van der Waals surface area contributed by atoms with Crippen LogP contribution >= 0.6 is 0 Å². The molecule has 0 spiro atoms. The van der Waals surface area contributed by atoms with Crippen LogP contribution in [0.2, 0.25) is 0 Å². The first-order chi connectivity index (χ1) is 2.93. The Morgan fingerprint density at radius 3 is 2.67 bits per heavy atom. The van der Waals surface area contributed by atoms with Crippen LogP contribution in [0.1, 0.15) is 13.3 Å². The molecular weight excluding hydrogens is 74.1 g/mol. The maximum Gasteiger partial charge on any atom is 0.0783 e. The summed E-state index contributed by atoms with van der Waals surface area (Å²) in [6.07, 6.45) is 1.13. The Morgan fingerprint density at radius 1 is 2.00 bits per heavy atom. The van der Waals surface area contributed by atoms with Crippen molar-refractivity contribution in [1.82, 2.24) is 0 Å². The molecule has 0 unspecified atom stereocenters. The van der Waals surface area contributed by atoms with Crippen LogP contribution in [-0.4, -0.2) is 12.4 Å². The third-order valence-electron chi connectivity index (χ3n) is 0.934. The normalized spacial score (nSPS) is 16.5. The van der Waals surface area contributed by atoms with Gasteiger partial charge in [0.2, 0.25) is 0 Å². The molecule has 1 aliphatic heterocycles. The van der Waals surface area contributed by atoms with Crippen LogP contribution in [0.25, 0.3) is 0 Å². The lowest BCUT2D eigenvalue weighted by molar-refractivity contribution is 0.994. The molecule has 0 bridgehead atoms. The first-order valence-electron chi connectivity index (χ1n) is 2.20. The minimum Gasteiger partial charge on any atom is -0.238 e. The van der Waals surface area contributed by atoms with E-state index >= 15 is 0 Å². The molecule has 1 nitrogen and oxygen atoms in total. The van der Waals surface area contributed by atoms with Gasteiger partial charge in [-0.15, -0.1) is 0 Å². The third-order valence-corrected chi connectivity index (χ3v) is 0.934. The van der Waals surface area contributed by atoms with Gasteiger partial charge in [-0.1, -0.05) is 6.92 Å². The van der Waals surface area contributed by atoms with Crippen LogP contribution in [0.15, 0.2) is 10.6 Å². The van der Waals surface area contributed by atoms with Crippen molar-refractivity contribution in [2.75, 3.05) is 6.54 Å². The van der Waals surface area contributed by atoms with Crippen molar-refractivity contribution in [1.29, 1.82) is 0 Å². The Balaban J connectivity index is 2.54. The second-order valence-electron chi connectivity index (χ2n) is 1.39. The monoisotopic (exact) mass is 81.1 g/mol. The van der Waals surface area contributed by atoms with Gasteiger partial charge in [-0.25, -0.2) is 4.99 Å². The summed E-state index contributed by atoms with van der Waals surface area (Å²) in [6.45, 7) is 3.06. The lowest BCUT2D eigenvalue weighted by atomic mass is 10.2. The molecular formula is C5H7N. The van der Waals surface area contributed by atoms with E-state index in [1.54, 1.807) is 0 Å². The Bertz CT molecular complexity index is 107. The average Bonchev–Trinajstić information content (AvgIpc) is 1.31. The summed E-state index contributed by atoms with van der Waals surface area (Å²) in [5.74, 6) is 2.84. The molecule has 0 aromatic carbocycles. The van der Waals surface area contributed by atoms with Crippen molar-refractivity contribution in [3.05, 3.63) is 5.57 Å². The van der Waals surface area contributed by atoms with Crippen LogP contribution in [-0.2, 0) is 0 Å². The molecule has 6 heavy (non-hydrogen) atoms. The smallest absolute Gasteiger partial charge is 0.0783 e. The van der Waals surface area contributed by atoms with Gasteiger partial charge in [-0.2, -0.15) is 0 Å². The quantitative estimate of drug-likeness (QED) is 0.446. The highest BCUT2D eigenvalue weighted by Crippen LogP contribution is 2.00. The number of aliphatic imine (C=N–C) groups is 1. The molecule has 1 rings (SSSR count). The topological polar surface area (TPSA) is 12.4 Å². The second kappa shape index (κ2) is 1.27. The van der Waals surface area contributed by atoms with Crippen LogP contribution < -0.4 is 0 Å². The lowest BCUT2D eigenvalue weighted by Crippen LogP contribution is -1.95. The Hall–Kier alpha value is -0.550. The van der Waals surface area contributed by atoms with Crippen LogP contribution in [0.3, 0.4) is 0 Å². The van der Waals surface area contributed by atoms with Crippen molar-refractivity contribution in [3.8, 4) is 0 Å². The van der Waals surface area contributed by atoms with E-state index in [-0.39, 0.29) is 0 Å². The first-order valence-corrected chi connectivity index (χ1v) is 2.20.